The Kier molecular flexibility index (Phi) is 2.91. The molecule has 0 fully saturated rings. The van der Waals surface area contributed by atoms with Gasteiger partial charge in [-0.15, -0.1) is 0 Å². The molecule has 20 heavy (non-hydrogen) atoms. The Morgan fingerprint density at radius 3 is 2.80 bits per heavy atom. The summed E-state index contributed by atoms with van der Waals surface area (Å²) in [6.45, 7) is 0. The third kappa shape index (κ3) is 2.02. The first-order chi connectivity index (χ1) is 9.56. The van der Waals surface area contributed by atoms with Gasteiger partial charge in [0.15, 0.2) is 11.6 Å². The molecule has 0 bridgehead atoms. The summed E-state index contributed by atoms with van der Waals surface area (Å²) in [5.41, 5.74) is 0.115. The fraction of sp³-hybridized carbons (Fsp3) is 0. The lowest BCUT2D eigenvalue weighted by Gasteiger charge is -2.06. The summed E-state index contributed by atoms with van der Waals surface area (Å²) in [6.07, 6.45) is 1.43. The molecule has 0 amide bonds. The van der Waals surface area contributed by atoms with Crippen molar-refractivity contribution in [1.29, 1.82) is 0 Å². The van der Waals surface area contributed by atoms with Crippen LogP contribution in [0.3, 0.4) is 0 Å². The average Bonchev–Trinajstić information content (AvgIpc) is 2.91. The summed E-state index contributed by atoms with van der Waals surface area (Å²) in [7, 11) is 0. The molecule has 0 saturated carbocycles. The van der Waals surface area contributed by atoms with E-state index in [0.717, 1.165) is 6.07 Å². The van der Waals surface area contributed by atoms with Gasteiger partial charge < -0.3 is 9.52 Å². The highest BCUT2D eigenvalue weighted by atomic mass is 35.5. The second-order valence-corrected chi connectivity index (χ2v) is 4.56. The van der Waals surface area contributed by atoms with Crippen molar-refractivity contribution in [3.63, 3.8) is 0 Å². The molecule has 100 valence electrons. The first-order valence-electron chi connectivity index (χ1n) is 5.63. The average molecular weight is 292 g/mol. The molecule has 0 spiro atoms. The zero-order valence-electron chi connectivity index (χ0n) is 9.93. The molecule has 0 unspecified atom stereocenters. The standard InChI is InChI=1S/C14H7ClFNO3/c15-7-4-8-9(14(18)19)6-11(12-2-1-3-20-12)17-13(8)10(16)5-7/h1-6H,(H,18,19). The molecule has 3 aromatic rings. The number of carbonyl (C=O) groups is 1. The smallest absolute Gasteiger partial charge is 0.336 e. The highest BCUT2D eigenvalue weighted by Crippen LogP contribution is 2.29. The van der Waals surface area contributed by atoms with Crippen LogP contribution in [0.15, 0.2) is 41.0 Å². The second kappa shape index (κ2) is 4.61. The van der Waals surface area contributed by atoms with Crippen LogP contribution in [0.25, 0.3) is 22.4 Å². The number of rotatable bonds is 2. The number of benzene rings is 1. The van der Waals surface area contributed by atoms with Gasteiger partial charge in [0.05, 0.1) is 11.8 Å². The fourth-order valence-electron chi connectivity index (χ4n) is 1.98. The van der Waals surface area contributed by atoms with Gasteiger partial charge in [-0.1, -0.05) is 11.6 Å². The molecular weight excluding hydrogens is 285 g/mol. The van der Waals surface area contributed by atoms with Crippen molar-refractivity contribution in [2.75, 3.05) is 0 Å². The quantitative estimate of drug-likeness (QED) is 0.775. The van der Waals surface area contributed by atoms with Gasteiger partial charge in [-0.25, -0.2) is 14.2 Å². The van der Waals surface area contributed by atoms with Crippen LogP contribution in [-0.4, -0.2) is 16.1 Å². The van der Waals surface area contributed by atoms with Gasteiger partial charge in [0.25, 0.3) is 0 Å². The van der Waals surface area contributed by atoms with Gasteiger partial charge in [-0.3, -0.25) is 0 Å². The summed E-state index contributed by atoms with van der Waals surface area (Å²) < 4.78 is 19.1. The van der Waals surface area contributed by atoms with Crippen molar-refractivity contribution in [2.24, 2.45) is 0 Å². The molecule has 0 radical (unpaired) electrons. The Morgan fingerprint density at radius 1 is 1.35 bits per heavy atom. The normalized spacial score (nSPS) is 10.9. The van der Waals surface area contributed by atoms with Crippen molar-refractivity contribution in [3.05, 3.63) is 53.0 Å². The van der Waals surface area contributed by atoms with Crippen LogP contribution in [0, 0.1) is 5.82 Å². The zero-order valence-corrected chi connectivity index (χ0v) is 10.7. The minimum Gasteiger partial charge on any atom is -0.478 e. The number of hydrogen-bond acceptors (Lipinski definition) is 3. The predicted octanol–water partition coefficient (Wildman–Crippen LogP) is 3.99. The number of halogens is 2. The molecule has 0 aliphatic carbocycles. The van der Waals surface area contributed by atoms with E-state index in [1.54, 1.807) is 12.1 Å². The maximum Gasteiger partial charge on any atom is 0.336 e. The number of carboxylic acid groups (broad SMARTS) is 1. The number of aromatic nitrogens is 1. The van der Waals surface area contributed by atoms with E-state index in [2.05, 4.69) is 4.98 Å². The number of pyridine rings is 1. The number of furan rings is 1. The topological polar surface area (TPSA) is 63.3 Å². The van der Waals surface area contributed by atoms with E-state index in [0.29, 0.717) is 5.76 Å². The minimum atomic E-state index is -1.19. The molecule has 2 heterocycles. The van der Waals surface area contributed by atoms with Gasteiger partial charge in [0.2, 0.25) is 0 Å². The van der Waals surface area contributed by atoms with E-state index in [9.17, 15) is 14.3 Å². The van der Waals surface area contributed by atoms with E-state index in [1.807, 2.05) is 0 Å². The molecule has 1 aromatic carbocycles. The largest absolute Gasteiger partial charge is 0.478 e. The molecule has 4 nitrogen and oxygen atoms in total. The molecule has 6 heteroatoms. The van der Waals surface area contributed by atoms with Crippen molar-refractivity contribution in [3.8, 4) is 11.5 Å². The Labute approximate surface area is 117 Å². The summed E-state index contributed by atoms with van der Waals surface area (Å²) in [5.74, 6) is -1.50. The van der Waals surface area contributed by atoms with E-state index >= 15 is 0 Å². The molecule has 0 saturated heterocycles. The molecular formula is C14H7ClFNO3. The number of hydrogen-bond donors (Lipinski definition) is 1. The fourth-order valence-corrected chi connectivity index (χ4v) is 2.18. The molecule has 0 aliphatic rings. The van der Waals surface area contributed by atoms with Crippen LogP contribution in [0.1, 0.15) is 10.4 Å². The van der Waals surface area contributed by atoms with Gasteiger partial charge in [0, 0.05) is 10.4 Å². The highest BCUT2D eigenvalue weighted by molar-refractivity contribution is 6.31. The number of carboxylic acids is 1. The monoisotopic (exact) mass is 291 g/mol. The van der Waals surface area contributed by atoms with E-state index < -0.39 is 11.8 Å². The van der Waals surface area contributed by atoms with Crippen LogP contribution in [0.2, 0.25) is 5.02 Å². The SMILES string of the molecule is O=C(O)c1cc(-c2ccco2)nc2c(F)cc(Cl)cc12. The number of nitrogens with zero attached hydrogens (tertiary/aromatic N) is 1. The molecule has 3 rings (SSSR count). The van der Waals surface area contributed by atoms with Crippen molar-refractivity contribution in [1.82, 2.24) is 4.98 Å². The summed E-state index contributed by atoms with van der Waals surface area (Å²) in [4.78, 5) is 15.4. The second-order valence-electron chi connectivity index (χ2n) is 4.12. The number of aromatic carboxylic acids is 1. The van der Waals surface area contributed by atoms with Crippen molar-refractivity contribution in [2.45, 2.75) is 0 Å². The van der Waals surface area contributed by atoms with E-state index in [-0.39, 0.29) is 27.2 Å². The van der Waals surface area contributed by atoms with Gasteiger partial charge in [-0.05, 0) is 30.3 Å². The predicted molar refractivity (Wildman–Crippen MR) is 71.4 cm³/mol. The van der Waals surface area contributed by atoms with Gasteiger partial charge in [-0.2, -0.15) is 0 Å². The molecule has 0 atom stereocenters. The molecule has 2 aromatic heterocycles. The summed E-state index contributed by atoms with van der Waals surface area (Å²) >= 11 is 5.76. The highest BCUT2D eigenvalue weighted by Gasteiger charge is 2.17. The number of fused-ring (bicyclic) bond motifs is 1. The Hall–Kier alpha value is -2.40. The third-order valence-corrected chi connectivity index (χ3v) is 3.05. The maximum atomic E-state index is 13.9. The first-order valence-corrected chi connectivity index (χ1v) is 6.01. The summed E-state index contributed by atoms with van der Waals surface area (Å²) in [5, 5.41) is 9.53. The third-order valence-electron chi connectivity index (χ3n) is 2.84. The zero-order chi connectivity index (χ0) is 14.3. The van der Waals surface area contributed by atoms with E-state index in [4.69, 9.17) is 16.0 Å². The van der Waals surface area contributed by atoms with Crippen LogP contribution in [0.4, 0.5) is 4.39 Å². The van der Waals surface area contributed by atoms with Crippen LogP contribution in [-0.2, 0) is 0 Å². The Morgan fingerprint density at radius 2 is 2.15 bits per heavy atom. The Bertz CT molecular complexity index is 815. The summed E-state index contributed by atoms with van der Waals surface area (Å²) in [6, 6.07) is 7.06. The lowest BCUT2D eigenvalue weighted by molar-refractivity contribution is 0.0699. The van der Waals surface area contributed by atoms with E-state index in [1.165, 1.54) is 18.4 Å². The van der Waals surface area contributed by atoms with Crippen molar-refractivity contribution >= 4 is 28.5 Å². The maximum absolute atomic E-state index is 13.9. The molecule has 0 aliphatic heterocycles. The molecule has 1 N–H and O–H groups in total. The Balaban J connectivity index is 2.40. The van der Waals surface area contributed by atoms with Crippen LogP contribution in [0.5, 0.6) is 0 Å². The first kappa shape index (κ1) is 12.6. The van der Waals surface area contributed by atoms with Crippen LogP contribution >= 0.6 is 11.6 Å². The van der Waals surface area contributed by atoms with Gasteiger partial charge in [0.1, 0.15) is 11.2 Å². The lowest BCUT2D eigenvalue weighted by Crippen LogP contribution is -2.01. The van der Waals surface area contributed by atoms with Gasteiger partial charge >= 0.3 is 5.97 Å². The van der Waals surface area contributed by atoms with Crippen molar-refractivity contribution < 1.29 is 18.7 Å². The van der Waals surface area contributed by atoms with Crippen LogP contribution < -0.4 is 0 Å². The minimum absolute atomic E-state index is 0.0549. The lowest BCUT2D eigenvalue weighted by atomic mass is 10.1.